The first kappa shape index (κ1) is 19.4. The zero-order valence-corrected chi connectivity index (χ0v) is 17.4. The van der Waals surface area contributed by atoms with Gasteiger partial charge in [0.25, 0.3) is 0 Å². The number of aromatic nitrogens is 5. The molecular formula is C23H24N6O2. The second-order valence-electron chi connectivity index (χ2n) is 7.58. The van der Waals surface area contributed by atoms with Crippen molar-refractivity contribution in [1.82, 2.24) is 24.8 Å². The Morgan fingerprint density at radius 1 is 1.13 bits per heavy atom. The number of hydrogen-bond acceptors (Lipinski definition) is 7. The van der Waals surface area contributed by atoms with Crippen molar-refractivity contribution >= 4 is 11.3 Å². The zero-order valence-electron chi connectivity index (χ0n) is 17.4. The molecule has 3 aromatic heterocycles. The normalized spacial score (nSPS) is 16.5. The summed E-state index contributed by atoms with van der Waals surface area (Å²) >= 11 is 0. The second kappa shape index (κ2) is 8.69. The molecular weight excluding hydrogens is 392 g/mol. The van der Waals surface area contributed by atoms with Gasteiger partial charge in [-0.1, -0.05) is 6.07 Å². The first-order chi connectivity index (χ1) is 15.3. The molecule has 0 saturated carbocycles. The van der Waals surface area contributed by atoms with Crippen LogP contribution in [0.5, 0.6) is 5.75 Å². The van der Waals surface area contributed by atoms with Gasteiger partial charge >= 0.3 is 0 Å². The second-order valence-corrected chi connectivity index (χ2v) is 7.58. The van der Waals surface area contributed by atoms with Crippen LogP contribution in [-0.4, -0.2) is 51.1 Å². The average molecular weight is 416 g/mol. The Labute approximate surface area is 180 Å². The number of nitrogens with zero attached hydrogens (tertiary/aromatic N) is 6. The van der Waals surface area contributed by atoms with Gasteiger partial charge in [-0.25, -0.2) is 0 Å². The number of methoxy groups -OCH3 is 1. The fraction of sp³-hybridized carbons (Fsp3) is 0.304. The minimum atomic E-state index is 0.135. The van der Waals surface area contributed by atoms with Crippen LogP contribution in [0, 0.1) is 0 Å². The molecule has 0 radical (unpaired) electrons. The van der Waals surface area contributed by atoms with Crippen molar-refractivity contribution in [2.45, 2.75) is 25.6 Å². The lowest BCUT2D eigenvalue weighted by atomic mass is 10.1. The van der Waals surface area contributed by atoms with Crippen molar-refractivity contribution in [1.29, 1.82) is 0 Å². The summed E-state index contributed by atoms with van der Waals surface area (Å²) in [5, 5.41) is 13.1. The smallest absolute Gasteiger partial charge is 0.200 e. The number of ether oxygens (including phenoxy) is 2. The van der Waals surface area contributed by atoms with E-state index in [4.69, 9.17) is 14.6 Å². The predicted molar refractivity (Wildman–Crippen MR) is 117 cm³/mol. The van der Waals surface area contributed by atoms with Crippen molar-refractivity contribution in [3.63, 3.8) is 0 Å². The minimum absolute atomic E-state index is 0.135. The molecule has 1 aliphatic heterocycles. The molecule has 158 valence electrons. The molecule has 1 saturated heterocycles. The van der Waals surface area contributed by atoms with Gasteiger partial charge in [-0.2, -0.15) is 9.61 Å². The van der Waals surface area contributed by atoms with Crippen molar-refractivity contribution in [3.05, 3.63) is 66.7 Å². The van der Waals surface area contributed by atoms with Crippen molar-refractivity contribution in [3.8, 4) is 17.0 Å². The van der Waals surface area contributed by atoms with Crippen LogP contribution in [0.4, 0.5) is 5.69 Å². The maximum absolute atomic E-state index is 6.18. The summed E-state index contributed by atoms with van der Waals surface area (Å²) in [5.41, 5.74) is 4.59. The van der Waals surface area contributed by atoms with Gasteiger partial charge in [0.2, 0.25) is 5.65 Å². The number of fused-ring (bicyclic) bond motifs is 1. The molecule has 8 heteroatoms. The Morgan fingerprint density at radius 3 is 2.84 bits per heavy atom. The topological polar surface area (TPSA) is 77.7 Å². The first-order valence-corrected chi connectivity index (χ1v) is 10.4. The number of hydrogen-bond donors (Lipinski definition) is 0. The fourth-order valence-corrected chi connectivity index (χ4v) is 3.93. The highest BCUT2D eigenvalue weighted by Gasteiger charge is 2.24. The molecule has 0 spiro atoms. The highest BCUT2D eigenvalue weighted by Crippen LogP contribution is 2.29. The fourth-order valence-electron chi connectivity index (χ4n) is 3.93. The summed E-state index contributed by atoms with van der Waals surface area (Å²) in [6.07, 6.45) is 5.66. The molecule has 8 nitrogen and oxygen atoms in total. The summed E-state index contributed by atoms with van der Waals surface area (Å²) < 4.78 is 13.2. The number of piperidine rings is 1. The maximum atomic E-state index is 6.18. The number of benzene rings is 1. The lowest BCUT2D eigenvalue weighted by Gasteiger charge is -2.34. The maximum Gasteiger partial charge on any atom is 0.200 e. The van der Waals surface area contributed by atoms with E-state index in [1.807, 2.05) is 42.5 Å². The van der Waals surface area contributed by atoms with Crippen LogP contribution >= 0.6 is 0 Å². The van der Waals surface area contributed by atoms with Gasteiger partial charge in [0.15, 0.2) is 0 Å². The van der Waals surface area contributed by atoms with E-state index in [0.717, 1.165) is 60.0 Å². The molecule has 1 fully saturated rings. The van der Waals surface area contributed by atoms with E-state index in [-0.39, 0.29) is 6.10 Å². The standard InChI is InChI=1S/C23H24N6O2/c1-30-19-9-7-17(8-10-19)21-13-22(23-26-25-16-29(23)27-21)28-12-4-6-20(14-28)31-15-18-5-2-3-11-24-18/h2-3,5,7-11,13,16,20H,4,6,12,14-15H2,1H3. The van der Waals surface area contributed by atoms with E-state index < -0.39 is 0 Å². The number of anilines is 1. The van der Waals surface area contributed by atoms with Crippen LogP contribution in [-0.2, 0) is 11.3 Å². The van der Waals surface area contributed by atoms with Gasteiger partial charge < -0.3 is 14.4 Å². The summed E-state index contributed by atoms with van der Waals surface area (Å²) in [7, 11) is 1.66. The third kappa shape index (κ3) is 4.20. The largest absolute Gasteiger partial charge is 0.497 e. The zero-order chi connectivity index (χ0) is 21.0. The highest BCUT2D eigenvalue weighted by atomic mass is 16.5. The molecule has 1 aliphatic rings. The number of pyridine rings is 1. The molecule has 1 atom stereocenters. The van der Waals surface area contributed by atoms with Crippen molar-refractivity contribution < 1.29 is 9.47 Å². The summed E-state index contributed by atoms with van der Waals surface area (Å²) in [4.78, 5) is 6.68. The third-order valence-corrected chi connectivity index (χ3v) is 5.55. The third-order valence-electron chi connectivity index (χ3n) is 5.55. The molecule has 0 bridgehead atoms. The van der Waals surface area contributed by atoms with E-state index in [1.54, 1.807) is 24.1 Å². The molecule has 31 heavy (non-hydrogen) atoms. The van der Waals surface area contributed by atoms with Gasteiger partial charge in [-0.05, 0) is 55.3 Å². The lowest BCUT2D eigenvalue weighted by molar-refractivity contribution is 0.0299. The SMILES string of the molecule is COc1ccc(-c2cc(N3CCCC(OCc4ccccn4)C3)c3nncn3n2)cc1. The van der Waals surface area contributed by atoms with E-state index in [2.05, 4.69) is 26.1 Å². The summed E-state index contributed by atoms with van der Waals surface area (Å²) in [6.45, 7) is 2.26. The Hall–Kier alpha value is -3.52. The van der Waals surface area contributed by atoms with Gasteiger partial charge in [0.05, 0.1) is 36.9 Å². The summed E-state index contributed by atoms with van der Waals surface area (Å²) in [6, 6.07) is 15.9. The van der Waals surface area contributed by atoms with Gasteiger partial charge in [0, 0.05) is 24.8 Å². The average Bonchev–Trinajstić information content (AvgIpc) is 3.32. The first-order valence-electron chi connectivity index (χ1n) is 10.4. The Balaban J connectivity index is 1.39. The number of rotatable bonds is 6. The predicted octanol–water partition coefficient (Wildman–Crippen LogP) is 3.38. The molecule has 4 aromatic rings. The van der Waals surface area contributed by atoms with Gasteiger partial charge in [-0.3, -0.25) is 4.98 Å². The van der Waals surface area contributed by atoms with Crippen LogP contribution < -0.4 is 9.64 Å². The van der Waals surface area contributed by atoms with Crippen LogP contribution in [0.25, 0.3) is 16.9 Å². The van der Waals surface area contributed by atoms with Crippen LogP contribution in [0.2, 0.25) is 0 Å². The molecule has 0 N–H and O–H groups in total. The minimum Gasteiger partial charge on any atom is -0.497 e. The van der Waals surface area contributed by atoms with Gasteiger partial charge in [0.1, 0.15) is 12.1 Å². The monoisotopic (exact) mass is 416 g/mol. The quantitative estimate of drug-likeness (QED) is 0.477. The molecule has 5 rings (SSSR count). The van der Waals surface area contributed by atoms with Crippen LogP contribution in [0.1, 0.15) is 18.5 Å². The Bertz CT molecular complexity index is 1150. The van der Waals surface area contributed by atoms with Crippen LogP contribution in [0.15, 0.2) is 61.1 Å². The van der Waals surface area contributed by atoms with Crippen molar-refractivity contribution in [2.24, 2.45) is 0 Å². The molecule has 0 aliphatic carbocycles. The van der Waals surface area contributed by atoms with Crippen LogP contribution in [0.3, 0.4) is 0 Å². The van der Waals surface area contributed by atoms with E-state index in [9.17, 15) is 0 Å². The van der Waals surface area contributed by atoms with Crippen molar-refractivity contribution in [2.75, 3.05) is 25.1 Å². The Kier molecular flexibility index (Phi) is 5.45. The lowest BCUT2D eigenvalue weighted by Crippen LogP contribution is -2.40. The molecule has 0 amide bonds. The molecule has 4 heterocycles. The van der Waals surface area contributed by atoms with Gasteiger partial charge in [-0.15, -0.1) is 10.2 Å². The molecule has 1 aromatic carbocycles. The molecule has 1 unspecified atom stereocenters. The summed E-state index contributed by atoms with van der Waals surface area (Å²) in [5.74, 6) is 0.818. The van der Waals surface area contributed by atoms with E-state index in [0.29, 0.717) is 6.61 Å². The Morgan fingerprint density at radius 2 is 2.03 bits per heavy atom. The highest BCUT2D eigenvalue weighted by molar-refractivity contribution is 5.74. The van der Waals surface area contributed by atoms with E-state index in [1.165, 1.54) is 0 Å². The van der Waals surface area contributed by atoms with E-state index >= 15 is 0 Å².